The number of amidine groups is 1. The van der Waals surface area contributed by atoms with Gasteiger partial charge in [0.25, 0.3) is 0 Å². The second-order valence-electron chi connectivity index (χ2n) is 9.53. The van der Waals surface area contributed by atoms with E-state index in [1.165, 1.54) is 38.5 Å². The van der Waals surface area contributed by atoms with E-state index in [0.717, 1.165) is 40.1 Å². The number of amides is 1. The maximum Gasteiger partial charge on any atom is 0.225 e. The largest absolute Gasteiger partial charge is 0.497 e. The molecule has 5 aliphatic rings. The van der Waals surface area contributed by atoms with E-state index in [0.29, 0.717) is 0 Å². The number of ether oxygens (including phenoxy) is 1. The Hall–Kier alpha value is -1.40. The van der Waals surface area contributed by atoms with Gasteiger partial charge in [-0.05, 0) is 80.5 Å². The van der Waals surface area contributed by atoms with Crippen LogP contribution in [-0.4, -0.2) is 47.6 Å². The van der Waals surface area contributed by atoms with Gasteiger partial charge >= 0.3 is 0 Å². The molecule has 4 bridgehead atoms. The monoisotopic (exact) mass is 449 g/mol. The number of rotatable bonds is 4. The zero-order chi connectivity index (χ0) is 20.2. The number of aliphatic imine (C=N–C) groups is 1. The number of hydrogen-bond acceptors (Lipinski definition) is 4. The van der Waals surface area contributed by atoms with Crippen LogP contribution in [0.15, 0.2) is 29.3 Å². The maximum absolute atomic E-state index is 12.6. The molecule has 1 aromatic carbocycles. The van der Waals surface area contributed by atoms with Crippen LogP contribution in [0.2, 0.25) is 0 Å². The molecular weight excluding hydrogens is 418 g/mol. The first-order chi connectivity index (χ1) is 14.0. The third kappa shape index (κ3) is 3.81. The summed E-state index contributed by atoms with van der Waals surface area (Å²) in [5, 5.41) is 1.12. The fourth-order valence-electron chi connectivity index (χ4n) is 6.56. The van der Waals surface area contributed by atoms with Gasteiger partial charge < -0.3 is 9.64 Å². The Morgan fingerprint density at radius 1 is 1.13 bits per heavy atom. The van der Waals surface area contributed by atoms with Crippen molar-refractivity contribution < 1.29 is 9.53 Å². The predicted octanol–water partition coefficient (Wildman–Crippen LogP) is 4.80. The number of halogens is 1. The molecule has 5 nitrogen and oxygen atoms in total. The van der Waals surface area contributed by atoms with Gasteiger partial charge in [0, 0.05) is 25.4 Å². The summed E-state index contributed by atoms with van der Waals surface area (Å²) >= 11 is 1.81. The van der Waals surface area contributed by atoms with Crippen LogP contribution in [0.25, 0.3) is 0 Å². The molecule has 4 aliphatic carbocycles. The van der Waals surface area contributed by atoms with E-state index in [4.69, 9.17) is 9.73 Å². The van der Waals surface area contributed by atoms with Gasteiger partial charge in [-0.1, -0.05) is 11.8 Å². The van der Waals surface area contributed by atoms with Gasteiger partial charge in [-0.2, -0.15) is 0 Å². The van der Waals surface area contributed by atoms with E-state index in [9.17, 15) is 4.79 Å². The Bertz CT molecular complexity index is 793. The zero-order valence-corrected chi connectivity index (χ0v) is 19.7. The molecule has 1 unspecified atom stereocenters. The van der Waals surface area contributed by atoms with Gasteiger partial charge in [0.05, 0.1) is 12.6 Å². The number of hydrogen-bond donors (Lipinski definition) is 0. The Morgan fingerprint density at radius 2 is 1.70 bits per heavy atom. The molecule has 0 N–H and O–H groups in total. The summed E-state index contributed by atoms with van der Waals surface area (Å²) in [7, 11) is 3.76. The summed E-state index contributed by atoms with van der Waals surface area (Å²) in [6.07, 6.45) is 8.13. The summed E-state index contributed by atoms with van der Waals surface area (Å²) in [5.41, 5.74) is 1.08. The SMILES string of the molecule is COc1ccc(N(C(C)=O)C2CSC(=NC34CC5CC(CC(C5)C3)C4)N2C)cc1.Cl. The summed E-state index contributed by atoms with van der Waals surface area (Å²) < 4.78 is 5.27. The fraction of sp³-hybridized carbons (Fsp3) is 0.652. The van der Waals surface area contributed by atoms with Crippen molar-refractivity contribution in [1.29, 1.82) is 0 Å². The van der Waals surface area contributed by atoms with Gasteiger partial charge in [-0.15, -0.1) is 12.4 Å². The molecule has 1 amide bonds. The fourth-order valence-corrected chi connectivity index (χ4v) is 7.81. The molecule has 30 heavy (non-hydrogen) atoms. The van der Waals surface area contributed by atoms with Crippen LogP contribution in [0, 0.1) is 17.8 Å². The van der Waals surface area contributed by atoms with Crippen molar-refractivity contribution >= 4 is 40.9 Å². The lowest BCUT2D eigenvalue weighted by Gasteiger charge is -2.55. The minimum Gasteiger partial charge on any atom is -0.497 e. The van der Waals surface area contributed by atoms with Gasteiger partial charge in [-0.25, -0.2) is 0 Å². The first kappa shape index (κ1) is 21.8. The molecule has 0 aromatic heterocycles. The molecule has 1 saturated heterocycles. The van der Waals surface area contributed by atoms with Crippen LogP contribution in [-0.2, 0) is 4.79 Å². The van der Waals surface area contributed by atoms with Crippen molar-refractivity contribution in [2.24, 2.45) is 22.7 Å². The van der Waals surface area contributed by atoms with Crippen LogP contribution in [0.4, 0.5) is 5.69 Å². The molecular formula is C23H32ClN3O2S. The number of nitrogens with zero attached hydrogens (tertiary/aromatic N) is 3. The van der Waals surface area contributed by atoms with Gasteiger partial charge in [0.2, 0.25) is 5.91 Å². The maximum atomic E-state index is 12.6. The van der Waals surface area contributed by atoms with Crippen molar-refractivity contribution in [2.45, 2.75) is 57.2 Å². The van der Waals surface area contributed by atoms with Crippen LogP contribution < -0.4 is 9.64 Å². The molecule has 5 fully saturated rings. The summed E-state index contributed by atoms with van der Waals surface area (Å²) in [6.45, 7) is 1.65. The second-order valence-corrected chi connectivity index (χ2v) is 10.5. The van der Waals surface area contributed by atoms with Crippen LogP contribution in [0.5, 0.6) is 5.75 Å². The Morgan fingerprint density at radius 3 is 2.20 bits per heavy atom. The molecule has 1 heterocycles. The lowest BCUT2D eigenvalue weighted by Crippen LogP contribution is -2.51. The molecule has 164 valence electrons. The number of anilines is 1. The molecule has 0 radical (unpaired) electrons. The summed E-state index contributed by atoms with van der Waals surface area (Å²) in [5.74, 6) is 4.40. The van der Waals surface area contributed by atoms with Crippen molar-refractivity contribution in [3.8, 4) is 5.75 Å². The highest BCUT2D eigenvalue weighted by atomic mass is 35.5. The minimum absolute atomic E-state index is 0. The number of thioether (sulfide) groups is 1. The molecule has 1 aromatic rings. The number of methoxy groups -OCH3 is 1. The van der Waals surface area contributed by atoms with Gasteiger partial charge in [-0.3, -0.25) is 14.7 Å². The number of benzene rings is 1. The summed E-state index contributed by atoms with van der Waals surface area (Å²) in [6, 6.07) is 7.76. The first-order valence-corrected chi connectivity index (χ1v) is 11.8. The van der Waals surface area contributed by atoms with Crippen molar-refractivity contribution in [3.63, 3.8) is 0 Å². The number of carbonyl (C=O) groups is 1. The predicted molar refractivity (Wildman–Crippen MR) is 126 cm³/mol. The average molecular weight is 450 g/mol. The Labute approximate surface area is 190 Å². The van der Waals surface area contributed by atoms with Crippen LogP contribution in [0.3, 0.4) is 0 Å². The lowest BCUT2D eigenvalue weighted by molar-refractivity contribution is -0.117. The third-order valence-electron chi connectivity index (χ3n) is 7.44. The van der Waals surface area contributed by atoms with E-state index in [2.05, 4.69) is 11.9 Å². The molecule has 6 rings (SSSR count). The molecule has 0 spiro atoms. The topological polar surface area (TPSA) is 45.1 Å². The van der Waals surface area contributed by atoms with E-state index < -0.39 is 0 Å². The quantitative estimate of drug-likeness (QED) is 0.662. The van der Waals surface area contributed by atoms with Crippen LogP contribution >= 0.6 is 24.2 Å². The van der Waals surface area contributed by atoms with Crippen molar-refractivity contribution in [1.82, 2.24) is 4.90 Å². The smallest absolute Gasteiger partial charge is 0.225 e. The van der Waals surface area contributed by atoms with E-state index in [1.807, 2.05) is 40.9 Å². The minimum atomic E-state index is -0.00134. The zero-order valence-electron chi connectivity index (χ0n) is 18.0. The lowest BCUT2D eigenvalue weighted by atomic mass is 9.53. The molecule has 7 heteroatoms. The average Bonchev–Trinajstić information content (AvgIpc) is 3.01. The Balaban J connectivity index is 0.00000218. The first-order valence-electron chi connectivity index (χ1n) is 10.9. The number of carbonyl (C=O) groups excluding carboxylic acids is 1. The standard InChI is InChI=1S/C23H31N3O2S.ClH/c1-15(27)26(19-4-6-20(28-3)7-5-19)21-14-29-22(25(21)2)24-23-11-16-8-17(12-23)10-18(9-16)13-23;/h4-7,16-18,21H,8-14H2,1-3H3;1H. The van der Waals surface area contributed by atoms with Crippen molar-refractivity contribution in [2.75, 3.05) is 24.8 Å². The highest BCUT2D eigenvalue weighted by Crippen LogP contribution is 2.57. The normalized spacial score (nSPS) is 35.4. The Kier molecular flexibility index (Phi) is 6.01. The summed E-state index contributed by atoms with van der Waals surface area (Å²) in [4.78, 5) is 22.1. The van der Waals surface area contributed by atoms with Crippen LogP contribution in [0.1, 0.15) is 45.4 Å². The van der Waals surface area contributed by atoms with E-state index in [1.54, 1.807) is 14.0 Å². The van der Waals surface area contributed by atoms with Gasteiger partial charge in [0.15, 0.2) is 5.17 Å². The molecule has 4 saturated carbocycles. The highest BCUT2D eigenvalue weighted by molar-refractivity contribution is 8.14. The second kappa shape index (κ2) is 8.27. The van der Waals surface area contributed by atoms with Gasteiger partial charge in [0.1, 0.15) is 11.9 Å². The molecule has 1 atom stereocenters. The molecule has 1 aliphatic heterocycles. The highest BCUT2D eigenvalue weighted by Gasteiger charge is 2.51. The van der Waals surface area contributed by atoms with Crippen molar-refractivity contribution in [3.05, 3.63) is 24.3 Å². The third-order valence-corrected chi connectivity index (χ3v) is 8.54. The van der Waals surface area contributed by atoms with E-state index >= 15 is 0 Å². The van der Waals surface area contributed by atoms with E-state index in [-0.39, 0.29) is 30.0 Å².